The summed E-state index contributed by atoms with van der Waals surface area (Å²) in [7, 11) is 0. The predicted molar refractivity (Wildman–Crippen MR) is 107 cm³/mol. The standard InChI is InChI=1S/C20H19ClN4O2/c1-13(2)27-15-9-7-14(8-10-15)22-18-11-12-19(25-24-18)23-20(26)16-5-3-4-6-17(16)21/h3-13H,1-2H3,(H,22,24)(H,23,25,26). The van der Waals surface area contributed by atoms with Gasteiger partial charge in [-0.05, 0) is 62.4 Å². The molecule has 7 heteroatoms. The number of rotatable bonds is 6. The molecule has 1 heterocycles. The molecular weight excluding hydrogens is 364 g/mol. The fourth-order valence-corrected chi connectivity index (χ4v) is 2.55. The van der Waals surface area contributed by atoms with E-state index in [2.05, 4.69) is 20.8 Å². The molecule has 6 nitrogen and oxygen atoms in total. The lowest BCUT2D eigenvalue weighted by molar-refractivity contribution is 0.102. The zero-order valence-electron chi connectivity index (χ0n) is 14.9. The highest BCUT2D eigenvalue weighted by Crippen LogP contribution is 2.20. The van der Waals surface area contributed by atoms with Gasteiger partial charge in [-0.3, -0.25) is 4.79 Å². The van der Waals surface area contributed by atoms with Crippen LogP contribution in [0.5, 0.6) is 5.75 Å². The van der Waals surface area contributed by atoms with Gasteiger partial charge in [0.1, 0.15) is 5.75 Å². The van der Waals surface area contributed by atoms with E-state index in [1.807, 2.05) is 38.1 Å². The number of nitrogens with zero attached hydrogens (tertiary/aromatic N) is 2. The van der Waals surface area contributed by atoms with Gasteiger partial charge in [0, 0.05) is 5.69 Å². The Labute approximate surface area is 162 Å². The topological polar surface area (TPSA) is 76.1 Å². The van der Waals surface area contributed by atoms with Crippen molar-refractivity contribution in [2.75, 3.05) is 10.6 Å². The maximum atomic E-state index is 12.2. The van der Waals surface area contributed by atoms with Crippen LogP contribution in [0.2, 0.25) is 5.02 Å². The molecule has 0 fully saturated rings. The van der Waals surface area contributed by atoms with E-state index in [1.165, 1.54) is 0 Å². The lowest BCUT2D eigenvalue weighted by Crippen LogP contribution is -2.14. The molecule has 0 bridgehead atoms. The first-order valence-corrected chi connectivity index (χ1v) is 8.82. The van der Waals surface area contributed by atoms with Crippen LogP contribution in [-0.2, 0) is 0 Å². The smallest absolute Gasteiger partial charge is 0.258 e. The SMILES string of the molecule is CC(C)Oc1ccc(Nc2ccc(NC(=O)c3ccccc3Cl)nn2)cc1. The van der Waals surface area contributed by atoms with E-state index in [4.69, 9.17) is 16.3 Å². The molecule has 3 rings (SSSR count). The van der Waals surface area contributed by atoms with Gasteiger partial charge in [0.15, 0.2) is 11.6 Å². The predicted octanol–water partition coefficient (Wildman–Crippen LogP) is 4.91. The Balaban J connectivity index is 1.62. The number of aromatic nitrogens is 2. The molecule has 0 saturated carbocycles. The van der Waals surface area contributed by atoms with Crippen LogP contribution in [0.3, 0.4) is 0 Å². The number of halogens is 1. The molecule has 0 aliphatic carbocycles. The Hall–Kier alpha value is -3.12. The zero-order chi connectivity index (χ0) is 19.2. The van der Waals surface area contributed by atoms with E-state index in [9.17, 15) is 4.79 Å². The largest absolute Gasteiger partial charge is 0.491 e. The number of ether oxygens (including phenoxy) is 1. The number of hydrogen-bond acceptors (Lipinski definition) is 5. The molecule has 138 valence electrons. The summed E-state index contributed by atoms with van der Waals surface area (Å²) in [4.78, 5) is 12.2. The summed E-state index contributed by atoms with van der Waals surface area (Å²) < 4.78 is 5.61. The molecule has 0 unspecified atom stereocenters. The molecule has 1 aromatic heterocycles. The van der Waals surface area contributed by atoms with Crippen LogP contribution < -0.4 is 15.4 Å². The van der Waals surface area contributed by atoms with Gasteiger partial charge < -0.3 is 15.4 Å². The van der Waals surface area contributed by atoms with Crippen molar-refractivity contribution in [2.45, 2.75) is 20.0 Å². The number of nitrogens with one attached hydrogen (secondary N) is 2. The van der Waals surface area contributed by atoms with Gasteiger partial charge in [-0.2, -0.15) is 0 Å². The Morgan fingerprint density at radius 3 is 2.26 bits per heavy atom. The highest BCUT2D eigenvalue weighted by Gasteiger charge is 2.10. The Bertz CT molecular complexity index is 912. The molecule has 0 aliphatic heterocycles. The van der Waals surface area contributed by atoms with Crippen molar-refractivity contribution in [3.05, 3.63) is 71.2 Å². The van der Waals surface area contributed by atoms with E-state index in [0.717, 1.165) is 11.4 Å². The fraction of sp³-hybridized carbons (Fsp3) is 0.150. The normalized spacial score (nSPS) is 10.5. The van der Waals surface area contributed by atoms with Gasteiger partial charge in [-0.15, -0.1) is 10.2 Å². The number of amides is 1. The van der Waals surface area contributed by atoms with E-state index < -0.39 is 0 Å². The van der Waals surface area contributed by atoms with Crippen LogP contribution in [0.4, 0.5) is 17.3 Å². The second-order valence-corrected chi connectivity index (χ2v) is 6.46. The van der Waals surface area contributed by atoms with Gasteiger partial charge in [-0.25, -0.2) is 0 Å². The Kier molecular flexibility index (Phi) is 5.88. The molecule has 0 spiro atoms. The molecule has 1 amide bonds. The second-order valence-electron chi connectivity index (χ2n) is 6.05. The minimum absolute atomic E-state index is 0.128. The zero-order valence-corrected chi connectivity index (χ0v) is 15.7. The summed E-state index contributed by atoms with van der Waals surface area (Å²) >= 11 is 6.02. The number of carbonyl (C=O) groups excluding carboxylic acids is 1. The summed E-state index contributed by atoms with van der Waals surface area (Å²) in [6.45, 7) is 3.96. The highest BCUT2D eigenvalue weighted by molar-refractivity contribution is 6.34. The van der Waals surface area contributed by atoms with Crippen LogP contribution >= 0.6 is 11.6 Å². The van der Waals surface area contributed by atoms with E-state index in [0.29, 0.717) is 22.2 Å². The van der Waals surface area contributed by atoms with Crippen LogP contribution in [0.1, 0.15) is 24.2 Å². The van der Waals surface area contributed by atoms with E-state index in [-0.39, 0.29) is 12.0 Å². The van der Waals surface area contributed by atoms with Crippen LogP contribution in [-0.4, -0.2) is 22.2 Å². The van der Waals surface area contributed by atoms with Gasteiger partial charge in [0.05, 0.1) is 16.7 Å². The second kappa shape index (κ2) is 8.51. The third-order valence-electron chi connectivity index (χ3n) is 3.52. The van der Waals surface area contributed by atoms with E-state index >= 15 is 0 Å². The summed E-state index contributed by atoms with van der Waals surface area (Å²) in [5.41, 5.74) is 1.24. The molecule has 0 radical (unpaired) electrons. The van der Waals surface area contributed by atoms with Gasteiger partial charge in [0.25, 0.3) is 5.91 Å². The number of benzene rings is 2. The van der Waals surface area contributed by atoms with Crippen LogP contribution in [0.15, 0.2) is 60.7 Å². The molecule has 2 N–H and O–H groups in total. The lowest BCUT2D eigenvalue weighted by Gasteiger charge is -2.11. The van der Waals surface area contributed by atoms with Gasteiger partial charge in [0.2, 0.25) is 0 Å². The Morgan fingerprint density at radius 2 is 1.63 bits per heavy atom. The molecule has 0 saturated heterocycles. The molecule has 0 aliphatic rings. The Morgan fingerprint density at radius 1 is 0.963 bits per heavy atom. The van der Waals surface area contributed by atoms with Crippen molar-refractivity contribution >= 4 is 34.8 Å². The average molecular weight is 383 g/mol. The number of hydrogen-bond donors (Lipinski definition) is 2. The van der Waals surface area contributed by atoms with Gasteiger partial charge in [-0.1, -0.05) is 23.7 Å². The van der Waals surface area contributed by atoms with Crippen molar-refractivity contribution in [3.63, 3.8) is 0 Å². The fourth-order valence-electron chi connectivity index (χ4n) is 2.33. The van der Waals surface area contributed by atoms with Crippen molar-refractivity contribution < 1.29 is 9.53 Å². The summed E-state index contributed by atoms with van der Waals surface area (Å²) in [5.74, 6) is 1.37. The summed E-state index contributed by atoms with van der Waals surface area (Å²) in [6.07, 6.45) is 0.128. The first-order valence-electron chi connectivity index (χ1n) is 8.44. The summed E-state index contributed by atoms with van der Waals surface area (Å²) in [6, 6.07) is 17.8. The summed E-state index contributed by atoms with van der Waals surface area (Å²) in [5, 5.41) is 14.3. The molecule has 27 heavy (non-hydrogen) atoms. The average Bonchev–Trinajstić information content (AvgIpc) is 2.65. The van der Waals surface area contributed by atoms with Crippen LogP contribution in [0, 0.1) is 0 Å². The minimum Gasteiger partial charge on any atom is -0.491 e. The van der Waals surface area contributed by atoms with Crippen molar-refractivity contribution in [1.82, 2.24) is 10.2 Å². The quantitative estimate of drug-likeness (QED) is 0.633. The molecule has 3 aromatic rings. The third kappa shape index (κ3) is 5.18. The van der Waals surface area contributed by atoms with E-state index in [1.54, 1.807) is 36.4 Å². The molecule has 0 atom stereocenters. The first-order chi connectivity index (χ1) is 13.0. The maximum absolute atomic E-state index is 12.2. The minimum atomic E-state index is -0.337. The third-order valence-corrected chi connectivity index (χ3v) is 3.85. The number of anilines is 3. The van der Waals surface area contributed by atoms with Crippen LogP contribution in [0.25, 0.3) is 0 Å². The molecule has 2 aromatic carbocycles. The highest BCUT2D eigenvalue weighted by atomic mass is 35.5. The molecular formula is C20H19ClN4O2. The van der Waals surface area contributed by atoms with Crippen molar-refractivity contribution in [2.24, 2.45) is 0 Å². The first kappa shape index (κ1) is 18.7. The maximum Gasteiger partial charge on any atom is 0.258 e. The van der Waals surface area contributed by atoms with Gasteiger partial charge >= 0.3 is 0 Å². The van der Waals surface area contributed by atoms with Crippen molar-refractivity contribution in [3.8, 4) is 5.75 Å². The lowest BCUT2D eigenvalue weighted by atomic mass is 10.2. The van der Waals surface area contributed by atoms with Crippen molar-refractivity contribution in [1.29, 1.82) is 0 Å². The monoisotopic (exact) mass is 382 g/mol. The number of carbonyl (C=O) groups is 1.